The molecule has 0 fully saturated rings. The van der Waals surface area contributed by atoms with Crippen molar-refractivity contribution in [3.8, 4) is 5.75 Å². The Morgan fingerprint density at radius 2 is 2.04 bits per heavy atom. The van der Waals surface area contributed by atoms with E-state index < -0.39 is 15.6 Å². The molecule has 126 valence electrons. The highest BCUT2D eigenvalue weighted by atomic mass is 32.2. The monoisotopic (exact) mass is 365 g/mol. The van der Waals surface area contributed by atoms with Crippen LogP contribution in [-0.4, -0.2) is 24.9 Å². The van der Waals surface area contributed by atoms with Crippen LogP contribution >= 0.6 is 11.3 Å². The number of benzene rings is 1. The van der Waals surface area contributed by atoms with Crippen molar-refractivity contribution in [1.82, 2.24) is 9.38 Å². The molecule has 1 N–H and O–H groups in total. The van der Waals surface area contributed by atoms with Gasteiger partial charge in [-0.15, -0.1) is 11.3 Å². The fraction of sp³-hybridized carbons (Fsp3) is 0.200. The van der Waals surface area contributed by atoms with Crippen LogP contribution in [0.4, 0.5) is 5.69 Å². The van der Waals surface area contributed by atoms with E-state index >= 15 is 0 Å². The second kappa shape index (κ2) is 5.91. The minimum absolute atomic E-state index is 0.164. The lowest BCUT2D eigenvalue weighted by atomic mass is 10.3. The van der Waals surface area contributed by atoms with E-state index in [1.807, 2.05) is 6.92 Å². The predicted octanol–water partition coefficient (Wildman–Crippen LogP) is 2.18. The molecule has 0 saturated heterocycles. The molecule has 7 nitrogen and oxygen atoms in total. The molecule has 24 heavy (non-hydrogen) atoms. The third kappa shape index (κ3) is 2.87. The number of methoxy groups -OCH3 is 1. The third-order valence-corrected chi connectivity index (χ3v) is 5.77. The third-order valence-electron chi connectivity index (χ3n) is 3.36. The summed E-state index contributed by atoms with van der Waals surface area (Å²) < 4.78 is 34.1. The maximum absolute atomic E-state index is 12.7. The molecule has 0 saturated carbocycles. The molecule has 2 heterocycles. The summed E-state index contributed by atoms with van der Waals surface area (Å²) in [6, 6.07) is 6.46. The number of hydrogen-bond donors (Lipinski definition) is 1. The minimum atomic E-state index is -4.08. The number of anilines is 1. The summed E-state index contributed by atoms with van der Waals surface area (Å²) in [4.78, 5) is 17.8. The standard InChI is InChI=1S/C15H15N3O4S2/c1-9-8-18-14(19)13(10(2)16-15(18)23-9)24(20,21)17-11-5-4-6-12(7-11)22-3/h4-8,17H,1-3H3. The molecule has 0 spiro atoms. The number of hydrogen-bond acceptors (Lipinski definition) is 6. The van der Waals surface area contributed by atoms with Crippen LogP contribution in [0, 0.1) is 13.8 Å². The number of aromatic nitrogens is 2. The summed E-state index contributed by atoms with van der Waals surface area (Å²) in [5, 5.41) is 0. The van der Waals surface area contributed by atoms with Crippen LogP contribution in [0.5, 0.6) is 5.75 Å². The number of nitrogens with zero attached hydrogens (tertiary/aromatic N) is 2. The van der Waals surface area contributed by atoms with Crippen molar-refractivity contribution in [2.45, 2.75) is 18.7 Å². The molecular formula is C15H15N3O4S2. The van der Waals surface area contributed by atoms with E-state index in [9.17, 15) is 13.2 Å². The Bertz CT molecular complexity index is 1080. The van der Waals surface area contributed by atoms with Gasteiger partial charge >= 0.3 is 0 Å². The molecule has 0 aliphatic heterocycles. The Labute approximate surface area is 142 Å². The van der Waals surface area contributed by atoms with Crippen LogP contribution < -0.4 is 15.0 Å². The molecule has 2 aromatic heterocycles. The number of fused-ring (bicyclic) bond motifs is 1. The molecule has 1 aromatic carbocycles. The second-order valence-corrected chi connectivity index (χ2v) is 8.00. The number of rotatable bonds is 4. The number of aryl methyl sites for hydroxylation is 2. The van der Waals surface area contributed by atoms with Gasteiger partial charge in [0, 0.05) is 17.1 Å². The van der Waals surface area contributed by atoms with Gasteiger partial charge in [0.1, 0.15) is 5.75 Å². The maximum atomic E-state index is 12.7. The van der Waals surface area contributed by atoms with Crippen LogP contribution in [0.25, 0.3) is 4.96 Å². The molecule has 0 unspecified atom stereocenters. The number of ether oxygens (including phenoxy) is 1. The van der Waals surface area contributed by atoms with Gasteiger partial charge in [0.05, 0.1) is 18.5 Å². The maximum Gasteiger partial charge on any atom is 0.279 e. The van der Waals surface area contributed by atoms with Crippen LogP contribution in [-0.2, 0) is 10.0 Å². The Hall–Kier alpha value is -2.39. The zero-order valence-electron chi connectivity index (χ0n) is 13.2. The Kier molecular flexibility index (Phi) is 4.06. The van der Waals surface area contributed by atoms with Gasteiger partial charge in [-0.25, -0.2) is 13.4 Å². The number of nitrogens with one attached hydrogen (secondary N) is 1. The van der Waals surface area contributed by atoms with Crippen molar-refractivity contribution in [2.75, 3.05) is 11.8 Å². The summed E-state index contributed by atoms with van der Waals surface area (Å²) >= 11 is 1.33. The van der Waals surface area contributed by atoms with Crippen LogP contribution in [0.1, 0.15) is 10.6 Å². The SMILES string of the molecule is COc1cccc(NS(=O)(=O)c2c(C)nc3sc(C)cn3c2=O)c1. The number of thiazole rings is 1. The highest BCUT2D eigenvalue weighted by Gasteiger charge is 2.24. The summed E-state index contributed by atoms with van der Waals surface area (Å²) in [7, 11) is -2.59. The topological polar surface area (TPSA) is 89.8 Å². The van der Waals surface area contributed by atoms with Gasteiger partial charge in [-0.2, -0.15) is 0 Å². The van der Waals surface area contributed by atoms with E-state index in [-0.39, 0.29) is 10.6 Å². The van der Waals surface area contributed by atoms with E-state index in [1.54, 1.807) is 24.4 Å². The van der Waals surface area contributed by atoms with E-state index in [4.69, 9.17) is 4.74 Å². The van der Waals surface area contributed by atoms with E-state index in [1.165, 1.54) is 35.8 Å². The van der Waals surface area contributed by atoms with E-state index in [0.717, 1.165) is 4.88 Å². The first-order valence-electron chi connectivity index (χ1n) is 6.98. The van der Waals surface area contributed by atoms with Crippen molar-refractivity contribution in [3.63, 3.8) is 0 Å². The predicted molar refractivity (Wildman–Crippen MR) is 92.6 cm³/mol. The van der Waals surface area contributed by atoms with Crippen molar-refractivity contribution >= 4 is 32.0 Å². The first-order chi connectivity index (χ1) is 11.3. The molecule has 0 amide bonds. The molecule has 0 atom stereocenters. The Balaban J connectivity index is 2.12. The minimum Gasteiger partial charge on any atom is -0.497 e. The van der Waals surface area contributed by atoms with Gasteiger partial charge in [-0.05, 0) is 26.0 Å². The first-order valence-corrected chi connectivity index (χ1v) is 9.28. The van der Waals surface area contributed by atoms with Gasteiger partial charge < -0.3 is 4.74 Å². The van der Waals surface area contributed by atoms with Gasteiger partial charge in [0.2, 0.25) is 0 Å². The van der Waals surface area contributed by atoms with Crippen LogP contribution in [0.3, 0.4) is 0 Å². The smallest absolute Gasteiger partial charge is 0.279 e. The van der Waals surface area contributed by atoms with E-state index in [0.29, 0.717) is 16.4 Å². The molecular weight excluding hydrogens is 350 g/mol. The molecule has 9 heteroatoms. The average Bonchev–Trinajstić information content (AvgIpc) is 2.87. The summed E-state index contributed by atoms with van der Waals surface area (Å²) in [5.74, 6) is 0.505. The summed E-state index contributed by atoms with van der Waals surface area (Å²) in [5.41, 5.74) is -0.144. The van der Waals surface area contributed by atoms with Gasteiger partial charge in [-0.1, -0.05) is 6.07 Å². The fourth-order valence-corrected chi connectivity index (χ4v) is 4.50. The molecule has 3 aromatic rings. The van der Waals surface area contributed by atoms with Crippen molar-refractivity contribution in [3.05, 3.63) is 51.4 Å². The van der Waals surface area contributed by atoms with E-state index in [2.05, 4.69) is 9.71 Å². The summed E-state index contributed by atoms with van der Waals surface area (Å²) in [6.07, 6.45) is 1.58. The Morgan fingerprint density at radius 3 is 2.75 bits per heavy atom. The van der Waals surface area contributed by atoms with Gasteiger partial charge in [0.15, 0.2) is 9.86 Å². The van der Waals surface area contributed by atoms with Crippen molar-refractivity contribution in [2.24, 2.45) is 0 Å². The van der Waals surface area contributed by atoms with Gasteiger partial charge in [-0.3, -0.25) is 13.9 Å². The molecule has 0 aliphatic rings. The summed E-state index contributed by atoms with van der Waals surface area (Å²) in [6.45, 7) is 3.34. The lowest BCUT2D eigenvalue weighted by Crippen LogP contribution is -2.27. The van der Waals surface area contributed by atoms with Crippen molar-refractivity contribution in [1.29, 1.82) is 0 Å². The molecule has 0 bridgehead atoms. The highest BCUT2D eigenvalue weighted by molar-refractivity contribution is 7.92. The molecule has 0 radical (unpaired) electrons. The van der Waals surface area contributed by atoms with Crippen LogP contribution in [0.2, 0.25) is 0 Å². The first kappa shape index (κ1) is 16.5. The quantitative estimate of drug-likeness (QED) is 0.765. The normalized spacial score (nSPS) is 11.6. The molecule has 0 aliphatic carbocycles. The average molecular weight is 365 g/mol. The fourth-order valence-electron chi connectivity index (χ4n) is 2.34. The second-order valence-electron chi connectivity index (χ2n) is 5.16. The van der Waals surface area contributed by atoms with Crippen LogP contribution in [0.15, 0.2) is 40.2 Å². The van der Waals surface area contributed by atoms with Crippen molar-refractivity contribution < 1.29 is 13.2 Å². The van der Waals surface area contributed by atoms with Gasteiger partial charge in [0.25, 0.3) is 15.6 Å². The lowest BCUT2D eigenvalue weighted by molar-refractivity contribution is 0.415. The lowest BCUT2D eigenvalue weighted by Gasteiger charge is -2.10. The number of sulfonamides is 1. The zero-order chi connectivity index (χ0) is 17.5. The molecule has 3 rings (SSSR count). The zero-order valence-corrected chi connectivity index (χ0v) is 14.9. The Morgan fingerprint density at radius 1 is 1.29 bits per heavy atom. The highest BCUT2D eigenvalue weighted by Crippen LogP contribution is 2.21. The largest absolute Gasteiger partial charge is 0.497 e.